The van der Waals surface area contributed by atoms with Gasteiger partial charge in [0.2, 0.25) is 11.8 Å². The molecule has 1 fully saturated rings. The van der Waals surface area contributed by atoms with Crippen LogP contribution in [0.5, 0.6) is 0 Å². The average molecular weight is 407 g/mol. The van der Waals surface area contributed by atoms with Gasteiger partial charge in [0.05, 0.1) is 6.42 Å². The molecule has 1 aliphatic rings. The van der Waals surface area contributed by atoms with Crippen LogP contribution >= 0.6 is 0 Å². The van der Waals surface area contributed by atoms with Gasteiger partial charge in [0, 0.05) is 12.6 Å². The molecule has 1 saturated carbocycles. The maximum absolute atomic E-state index is 13.4. The highest BCUT2D eigenvalue weighted by atomic mass is 16.2. The van der Waals surface area contributed by atoms with Gasteiger partial charge in [-0.3, -0.25) is 9.59 Å². The Labute approximate surface area is 180 Å². The molecule has 0 aliphatic heterocycles. The van der Waals surface area contributed by atoms with Crippen LogP contribution in [0.3, 0.4) is 0 Å². The average Bonchev–Trinajstić information content (AvgIpc) is 3.21. The van der Waals surface area contributed by atoms with Gasteiger partial charge in [0.1, 0.15) is 6.04 Å². The Balaban J connectivity index is 1.80. The van der Waals surface area contributed by atoms with E-state index in [1.807, 2.05) is 45.9 Å². The lowest BCUT2D eigenvalue weighted by Crippen LogP contribution is -2.50. The largest absolute Gasteiger partial charge is 0.352 e. The van der Waals surface area contributed by atoms with Crippen LogP contribution < -0.4 is 5.32 Å². The quantitative estimate of drug-likeness (QED) is 0.729. The number of amides is 2. The molecule has 3 rings (SSSR count). The van der Waals surface area contributed by atoms with Gasteiger partial charge in [-0.2, -0.15) is 0 Å². The third-order valence-corrected chi connectivity index (χ3v) is 6.15. The van der Waals surface area contributed by atoms with Gasteiger partial charge < -0.3 is 10.2 Å². The summed E-state index contributed by atoms with van der Waals surface area (Å²) in [4.78, 5) is 28.1. The molecule has 2 aromatic carbocycles. The van der Waals surface area contributed by atoms with Gasteiger partial charge >= 0.3 is 0 Å². The van der Waals surface area contributed by atoms with Crippen molar-refractivity contribution in [1.82, 2.24) is 10.2 Å². The summed E-state index contributed by atoms with van der Waals surface area (Å²) in [6, 6.07) is 14.1. The summed E-state index contributed by atoms with van der Waals surface area (Å²) < 4.78 is 0. The van der Waals surface area contributed by atoms with E-state index >= 15 is 0 Å². The summed E-state index contributed by atoms with van der Waals surface area (Å²) in [7, 11) is 0. The molecule has 0 saturated heterocycles. The van der Waals surface area contributed by atoms with Gasteiger partial charge in [-0.1, -0.05) is 66.4 Å². The molecule has 2 aromatic rings. The number of benzene rings is 2. The van der Waals surface area contributed by atoms with E-state index in [0.717, 1.165) is 53.5 Å². The third kappa shape index (κ3) is 5.71. The lowest BCUT2D eigenvalue weighted by atomic mass is 10.0. The number of nitrogens with zero attached hydrogens (tertiary/aromatic N) is 1. The molecule has 0 radical (unpaired) electrons. The Morgan fingerprint density at radius 3 is 2.43 bits per heavy atom. The fourth-order valence-electron chi connectivity index (χ4n) is 4.24. The van der Waals surface area contributed by atoms with Crippen LogP contribution in [-0.2, 0) is 22.6 Å². The van der Waals surface area contributed by atoms with E-state index in [1.165, 1.54) is 0 Å². The number of carbonyl (C=O) groups excluding carboxylic acids is 2. The molecule has 30 heavy (non-hydrogen) atoms. The molecular formula is C26H34N2O2. The second kappa shape index (κ2) is 9.92. The lowest BCUT2D eigenvalue weighted by Gasteiger charge is -2.30. The van der Waals surface area contributed by atoms with Gasteiger partial charge in [-0.05, 0) is 57.2 Å². The molecule has 1 N–H and O–H groups in total. The Kier molecular flexibility index (Phi) is 7.30. The van der Waals surface area contributed by atoms with Crippen molar-refractivity contribution in [1.29, 1.82) is 0 Å². The Bertz CT molecular complexity index is 900. The van der Waals surface area contributed by atoms with Crippen molar-refractivity contribution in [2.75, 3.05) is 0 Å². The van der Waals surface area contributed by atoms with E-state index in [0.29, 0.717) is 13.0 Å². The van der Waals surface area contributed by atoms with Gasteiger partial charge in [-0.25, -0.2) is 0 Å². The molecule has 0 aromatic heterocycles. The fourth-order valence-corrected chi connectivity index (χ4v) is 4.24. The van der Waals surface area contributed by atoms with Gasteiger partial charge in [0.15, 0.2) is 0 Å². The van der Waals surface area contributed by atoms with Crippen LogP contribution in [0.4, 0.5) is 0 Å². The van der Waals surface area contributed by atoms with Crippen molar-refractivity contribution in [2.24, 2.45) is 0 Å². The van der Waals surface area contributed by atoms with Crippen molar-refractivity contribution in [2.45, 2.75) is 78.4 Å². The second-order valence-corrected chi connectivity index (χ2v) is 8.78. The van der Waals surface area contributed by atoms with Gasteiger partial charge in [-0.15, -0.1) is 0 Å². The minimum Gasteiger partial charge on any atom is -0.352 e. The predicted octanol–water partition coefficient (Wildman–Crippen LogP) is 4.63. The van der Waals surface area contributed by atoms with Crippen LogP contribution in [0.2, 0.25) is 0 Å². The molecular weight excluding hydrogens is 372 g/mol. The molecule has 4 heteroatoms. The van der Waals surface area contributed by atoms with E-state index in [9.17, 15) is 9.59 Å². The number of aryl methyl sites for hydroxylation is 3. The van der Waals surface area contributed by atoms with Crippen LogP contribution in [0, 0.1) is 20.8 Å². The number of hydrogen-bond acceptors (Lipinski definition) is 2. The summed E-state index contributed by atoms with van der Waals surface area (Å²) in [5, 5.41) is 3.16. The normalized spacial score (nSPS) is 15.1. The van der Waals surface area contributed by atoms with Crippen LogP contribution in [0.1, 0.15) is 60.4 Å². The first-order valence-corrected chi connectivity index (χ1v) is 11.0. The topological polar surface area (TPSA) is 49.4 Å². The summed E-state index contributed by atoms with van der Waals surface area (Å²) in [5.41, 5.74) is 5.47. The van der Waals surface area contributed by atoms with Crippen molar-refractivity contribution >= 4 is 11.8 Å². The van der Waals surface area contributed by atoms with E-state index in [-0.39, 0.29) is 17.9 Å². The molecule has 0 heterocycles. The molecule has 2 amide bonds. The van der Waals surface area contributed by atoms with E-state index in [4.69, 9.17) is 0 Å². The lowest BCUT2D eigenvalue weighted by molar-refractivity contribution is -0.140. The van der Waals surface area contributed by atoms with E-state index < -0.39 is 6.04 Å². The number of nitrogens with one attached hydrogen (secondary N) is 1. The zero-order valence-corrected chi connectivity index (χ0v) is 18.7. The van der Waals surface area contributed by atoms with Crippen LogP contribution in [-0.4, -0.2) is 28.8 Å². The highest BCUT2D eigenvalue weighted by Gasteiger charge is 2.28. The molecule has 0 spiro atoms. The third-order valence-electron chi connectivity index (χ3n) is 6.15. The van der Waals surface area contributed by atoms with Gasteiger partial charge in [0.25, 0.3) is 0 Å². The second-order valence-electron chi connectivity index (χ2n) is 8.78. The molecule has 1 atom stereocenters. The Hall–Kier alpha value is -2.62. The highest BCUT2D eigenvalue weighted by Crippen LogP contribution is 2.20. The summed E-state index contributed by atoms with van der Waals surface area (Å²) >= 11 is 0. The molecule has 0 unspecified atom stereocenters. The zero-order valence-electron chi connectivity index (χ0n) is 18.7. The molecule has 0 bridgehead atoms. The summed E-state index contributed by atoms with van der Waals surface area (Å²) in [5.74, 6) is -0.0665. The zero-order chi connectivity index (χ0) is 21.7. The number of rotatable bonds is 7. The first-order chi connectivity index (χ1) is 14.3. The van der Waals surface area contributed by atoms with Crippen LogP contribution in [0.25, 0.3) is 0 Å². The minimum absolute atomic E-state index is 0.0146. The number of hydrogen-bond donors (Lipinski definition) is 1. The maximum atomic E-state index is 13.4. The standard InChI is InChI=1S/C26H34N2O2/c1-18-8-7-9-22(14-18)17-28(21(4)26(30)27-24-10-5-6-11-24)25(29)16-23-15-19(2)12-13-20(23)3/h7-9,12-15,21,24H,5-6,10-11,16-17H2,1-4H3,(H,27,30)/t21-/m0/s1. The first-order valence-electron chi connectivity index (χ1n) is 11.0. The van der Waals surface area contributed by atoms with E-state index in [2.05, 4.69) is 29.6 Å². The van der Waals surface area contributed by atoms with Crippen LogP contribution in [0.15, 0.2) is 42.5 Å². The molecule has 160 valence electrons. The monoisotopic (exact) mass is 406 g/mol. The van der Waals surface area contributed by atoms with Crippen molar-refractivity contribution in [3.8, 4) is 0 Å². The highest BCUT2D eigenvalue weighted by molar-refractivity contribution is 5.88. The maximum Gasteiger partial charge on any atom is 0.242 e. The Morgan fingerprint density at radius 1 is 1.03 bits per heavy atom. The van der Waals surface area contributed by atoms with Crippen molar-refractivity contribution in [3.05, 3.63) is 70.3 Å². The SMILES string of the molecule is Cc1cccc(CN(C(=O)Cc2cc(C)ccc2C)[C@@H](C)C(=O)NC2CCCC2)c1. The minimum atomic E-state index is -0.510. The van der Waals surface area contributed by atoms with Crippen molar-refractivity contribution in [3.63, 3.8) is 0 Å². The fraction of sp³-hybridized carbons (Fsp3) is 0.462. The molecule has 4 nitrogen and oxygen atoms in total. The summed E-state index contributed by atoms with van der Waals surface area (Å²) in [6.07, 6.45) is 4.70. The smallest absolute Gasteiger partial charge is 0.242 e. The predicted molar refractivity (Wildman–Crippen MR) is 121 cm³/mol. The number of carbonyl (C=O) groups is 2. The Morgan fingerprint density at radius 2 is 1.73 bits per heavy atom. The molecule has 1 aliphatic carbocycles. The van der Waals surface area contributed by atoms with E-state index in [1.54, 1.807) is 4.90 Å². The van der Waals surface area contributed by atoms with Crippen molar-refractivity contribution < 1.29 is 9.59 Å². The summed E-state index contributed by atoms with van der Waals surface area (Å²) in [6.45, 7) is 8.40. The first kappa shape index (κ1) is 22.1.